The van der Waals surface area contributed by atoms with Crippen molar-refractivity contribution in [1.29, 1.82) is 0 Å². The van der Waals surface area contributed by atoms with Crippen LogP contribution in [0.2, 0.25) is 0 Å². The van der Waals surface area contributed by atoms with E-state index in [2.05, 4.69) is 41.5 Å². The van der Waals surface area contributed by atoms with Gasteiger partial charge in [-0.2, -0.15) is 0 Å². The van der Waals surface area contributed by atoms with Crippen molar-refractivity contribution in [3.05, 3.63) is 0 Å². The molecule has 1 aliphatic carbocycles. The van der Waals surface area contributed by atoms with Crippen molar-refractivity contribution in [3.8, 4) is 0 Å². The molecule has 1 fully saturated rings. The lowest BCUT2D eigenvalue weighted by Gasteiger charge is -2.45. The average Bonchev–Trinajstić information content (AvgIpc) is 1.71. The normalized spacial score (nSPS) is 30.0. The van der Waals surface area contributed by atoms with Crippen LogP contribution in [-0.2, 0) is 4.74 Å². The second kappa shape index (κ2) is 3.27. The topological polar surface area (TPSA) is 9.23 Å². The lowest BCUT2D eigenvalue weighted by atomic mass is 9.67. The largest absolute Gasteiger partial charge is 0.373 e. The van der Waals surface area contributed by atoms with E-state index in [4.69, 9.17) is 4.74 Å². The van der Waals surface area contributed by atoms with Crippen molar-refractivity contribution in [1.82, 2.24) is 0 Å². The van der Waals surface area contributed by atoms with Crippen LogP contribution < -0.4 is 0 Å². The van der Waals surface area contributed by atoms with Crippen LogP contribution in [0.5, 0.6) is 0 Å². The summed E-state index contributed by atoms with van der Waals surface area (Å²) < 4.78 is 5.90. The highest BCUT2D eigenvalue weighted by Crippen LogP contribution is 2.43. The Balaban J connectivity index is 2.27. The van der Waals surface area contributed by atoms with Crippen LogP contribution in [0.15, 0.2) is 0 Å². The molecule has 0 unspecified atom stereocenters. The van der Waals surface area contributed by atoms with E-state index in [1.807, 2.05) is 0 Å². The summed E-state index contributed by atoms with van der Waals surface area (Å²) in [4.78, 5) is 0. The van der Waals surface area contributed by atoms with E-state index in [1.54, 1.807) is 0 Å². The minimum absolute atomic E-state index is 0.0352. The van der Waals surface area contributed by atoms with Crippen LogP contribution in [0.25, 0.3) is 0 Å². The zero-order chi connectivity index (χ0) is 10.3. The van der Waals surface area contributed by atoms with Crippen molar-refractivity contribution in [2.45, 2.75) is 66.1 Å². The van der Waals surface area contributed by atoms with Crippen LogP contribution in [-0.4, -0.2) is 11.7 Å². The van der Waals surface area contributed by atoms with Gasteiger partial charge < -0.3 is 4.74 Å². The lowest BCUT2D eigenvalue weighted by Crippen LogP contribution is -2.42. The quantitative estimate of drug-likeness (QED) is 0.604. The minimum atomic E-state index is 0.0352. The van der Waals surface area contributed by atoms with Gasteiger partial charge in [0.05, 0.1) is 11.7 Å². The summed E-state index contributed by atoms with van der Waals surface area (Å²) in [6.07, 6.45) is 3.02. The fourth-order valence-corrected chi connectivity index (χ4v) is 1.87. The number of hydrogen-bond acceptors (Lipinski definition) is 1. The molecule has 0 spiro atoms. The first kappa shape index (κ1) is 11.0. The first-order valence-electron chi connectivity index (χ1n) is 5.36. The van der Waals surface area contributed by atoms with Crippen LogP contribution in [0.3, 0.4) is 0 Å². The molecule has 1 saturated carbocycles. The molecule has 0 atom stereocenters. The first-order valence-corrected chi connectivity index (χ1v) is 5.36. The molecule has 0 amide bonds. The lowest BCUT2D eigenvalue weighted by molar-refractivity contribution is -0.129. The maximum Gasteiger partial charge on any atom is 0.0602 e. The summed E-state index contributed by atoms with van der Waals surface area (Å²) >= 11 is 0. The van der Waals surface area contributed by atoms with Gasteiger partial charge >= 0.3 is 0 Å². The Morgan fingerprint density at radius 2 is 1.38 bits per heavy atom. The van der Waals surface area contributed by atoms with Gasteiger partial charge in [-0.05, 0) is 44.9 Å². The molecule has 1 aliphatic rings. The van der Waals surface area contributed by atoms with Gasteiger partial charge in [-0.3, -0.25) is 0 Å². The molecule has 0 radical (unpaired) electrons. The van der Waals surface area contributed by atoms with Crippen LogP contribution >= 0.6 is 0 Å². The summed E-state index contributed by atoms with van der Waals surface area (Å²) in [6, 6.07) is 0. The Morgan fingerprint density at radius 1 is 0.923 bits per heavy atom. The predicted molar refractivity (Wildman–Crippen MR) is 56.8 cm³/mol. The maximum atomic E-state index is 5.90. The van der Waals surface area contributed by atoms with Crippen molar-refractivity contribution in [2.24, 2.45) is 11.3 Å². The third-order valence-electron chi connectivity index (χ3n) is 2.84. The summed E-state index contributed by atoms with van der Waals surface area (Å²) in [6.45, 7) is 13.4. The summed E-state index contributed by atoms with van der Waals surface area (Å²) in [5.74, 6) is 0.861. The molecule has 0 aromatic heterocycles. The molecule has 0 aliphatic heterocycles. The molecule has 0 aromatic rings. The minimum Gasteiger partial charge on any atom is -0.373 e. The maximum absolute atomic E-state index is 5.90. The molecule has 0 N–H and O–H groups in total. The van der Waals surface area contributed by atoms with Gasteiger partial charge in [0, 0.05) is 0 Å². The second-order valence-electron chi connectivity index (χ2n) is 6.39. The van der Waals surface area contributed by atoms with Crippen molar-refractivity contribution in [3.63, 3.8) is 0 Å². The first-order chi connectivity index (χ1) is 5.68. The Hall–Kier alpha value is -0.0400. The Morgan fingerprint density at radius 3 is 1.69 bits per heavy atom. The van der Waals surface area contributed by atoms with Gasteiger partial charge in [0.1, 0.15) is 0 Å². The second-order valence-corrected chi connectivity index (χ2v) is 6.39. The molecule has 1 rings (SSSR count). The molecular formula is C12H24O. The third-order valence-corrected chi connectivity index (χ3v) is 2.84. The Bertz CT molecular complexity index is 165. The molecular weight excluding hydrogens is 160 g/mol. The van der Waals surface area contributed by atoms with E-state index >= 15 is 0 Å². The third kappa shape index (κ3) is 3.30. The number of rotatable bonds is 1. The molecule has 1 heteroatoms. The summed E-state index contributed by atoms with van der Waals surface area (Å²) in [5.41, 5.74) is 0.505. The van der Waals surface area contributed by atoms with Gasteiger partial charge in [0.15, 0.2) is 0 Å². The fraction of sp³-hybridized carbons (Fsp3) is 1.00. The van der Waals surface area contributed by atoms with E-state index in [9.17, 15) is 0 Å². The fourth-order valence-electron chi connectivity index (χ4n) is 1.87. The molecule has 1 nitrogen and oxygen atoms in total. The number of ether oxygens (including phenoxy) is 1. The standard InChI is InChI=1S/C12H24O/c1-11(2,3)9-7-10(8-9)13-12(4,5)6/h9-10H,7-8H2,1-6H3. The van der Waals surface area contributed by atoms with Gasteiger partial charge in [-0.15, -0.1) is 0 Å². The molecule has 0 bridgehead atoms. The van der Waals surface area contributed by atoms with E-state index in [1.165, 1.54) is 12.8 Å². The molecule has 0 saturated heterocycles. The molecule has 78 valence electrons. The van der Waals surface area contributed by atoms with Crippen LogP contribution in [0, 0.1) is 11.3 Å². The van der Waals surface area contributed by atoms with Crippen LogP contribution in [0.4, 0.5) is 0 Å². The highest BCUT2D eigenvalue weighted by molar-refractivity contribution is 4.89. The van der Waals surface area contributed by atoms with Crippen molar-refractivity contribution < 1.29 is 4.74 Å². The summed E-state index contributed by atoms with van der Waals surface area (Å²) in [7, 11) is 0. The average molecular weight is 184 g/mol. The summed E-state index contributed by atoms with van der Waals surface area (Å²) in [5, 5.41) is 0. The van der Waals surface area contributed by atoms with Crippen molar-refractivity contribution >= 4 is 0 Å². The van der Waals surface area contributed by atoms with Crippen molar-refractivity contribution in [2.75, 3.05) is 0 Å². The number of hydrogen-bond donors (Lipinski definition) is 0. The van der Waals surface area contributed by atoms with E-state index in [0.717, 1.165) is 5.92 Å². The highest BCUT2D eigenvalue weighted by Gasteiger charge is 2.39. The monoisotopic (exact) mass is 184 g/mol. The van der Waals surface area contributed by atoms with Gasteiger partial charge in [0.25, 0.3) is 0 Å². The Kier molecular flexibility index (Phi) is 2.78. The SMILES string of the molecule is CC(C)(C)OC1CC(C(C)(C)C)C1. The van der Waals surface area contributed by atoms with E-state index < -0.39 is 0 Å². The zero-order valence-corrected chi connectivity index (χ0v) is 9.98. The highest BCUT2D eigenvalue weighted by atomic mass is 16.5. The van der Waals surface area contributed by atoms with E-state index in [0.29, 0.717) is 11.5 Å². The molecule has 0 heterocycles. The zero-order valence-electron chi connectivity index (χ0n) is 9.98. The predicted octanol–water partition coefficient (Wildman–Crippen LogP) is 3.63. The Labute approximate surface area is 82.9 Å². The van der Waals surface area contributed by atoms with Gasteiger partial charge in [-0.25, -0.2) is 0 Å². The van der Waals surface area contributed by atoms with Gasteiger partial charge in [0.2, 0.25) is 0 Å². The molecule has 13 heavy (non-hydrogen) atoms. The van der Waals surface area contributed by atoms with Gasteiger partial charge in [-0.1, -0.05) is 20.8 Å². The van der Waals surface area contributed by atoms with Crippen LogP contribution in [0.1, 0.15) is 54.4 Å². The van der Waals surface area contributed by atoms with E-state index in [-0.39, 0.29) is 5.60 Å². The molecule has 0 aromatic carbocycles. The smallest absolute Gasteiger partial charge is 0.0602 e.